The van der Waals surface area contributed by atoms with Crippen LogP contribution in [0.2, 0.25) is 0 Å². The van der Waals surface area contributed by atoms with Crippen molar-refractivity contribution < 1.29 is 4.74 Å². The molecule has 1 fully saturated rings. The zero-order valence-electron chi connectivity index (χ0n) is 14.0. The molecule has 5 heteroatoms. The van der Waals surface area contributed by atoms with E-state index in [4.69, 9.17) is 4.74 Å². The molecule has 124 valence electrons. The Balaban J connectivity index is 1.65. The fourth-order valence-corrected chi connectivity index (χ4v) is 4.10. The van der Waals surface area contributed by atoms with Gasteiger partial charge in [0.05, 0.1) is 13.2 Å². The number of hydrogen-bond acceptors (Lipinski definition) is 5. The van der Waals surface area contributed by atoms with Gasteiger partial charge in [0.15, 0.2) is 0 Å². The summed E-state index contributed by atoms with van der Waals surface area (Å²) < 4.78 is 5.27. The first kappa shape index (κ1) is 16.4. The first-order valence-corrected chi connectivity index (χ1v) is 9.04. The van der Waals surface area contributed by atoms with Crippen LogP contribution in [0.1, 0.15) is 36.0 Å². The minimum absolute atomic E-state index is 0.317. The molecule has 2 aromatic rings. The molecule has 3 rings (SSSR count). The molecule has 0 amide bonds. The van der Waals surface area contributed by atoms with Crippen molar-refractivity contribution in [3.63, 3.8) is 0 Å². The Kier molecular flexibility index (Phi) is 5.30. The van der Waals surface area contributed by atoms with Crippen LogP contribution in [0.4, 0.5) is 0 Å². The van der Waals surface area contributed by atoms with Gasteiger partial charge in [-0.15, -0.1) is 11.3 Å². The number of ether oxygens (including phenoxy) is 1. The maximum atomic E-state index is 5.27. The van der Waals surface area contributed by atoms with Crippen molar-refractivity contribution in [1.29, 1.82) is 0 Å². The van der Waals surface area contributed by atoms with Crippen molar-refractivity contribution in [2.45, 2.75) is 25.4 Å². The highest BCUT2D eigenvalue weighted by Crippen LogP contribution is 2.36. The van der Waals surface area contributed by atoms with E-state index in [0.717, 1.165) is 23.8 Å². The molecule has 1 aromatic heterocycles. The summed E-state index contributed by atoms with van der Waals surface area (Å²) in [6.45, 7) is 4.36. The van der Waals surface area contributed by atoms with Crippen LogP contribution in [0.15, 0.2) is 35.8 Å². The van der Waals surface area contributed by atoms with Gasteiger partial charge in [-0.3, -0.25) is 4.90 Å². The third-order valence-electron chi connectivity index (χ3n) is 4.74. The molecule has 3 atom stereocenters. The van der Waals surface area contributed by atoms with Crippen molar-refractivity contribution >= 4 is 11.3 Å². The van der Waals surface area contributed by atoms with E-state index in [-0.39, 0.29) is 0 Å². The van der Waals surface area contributed by atoms with Gasteiger partial charge < -0.3 is 10.1 Å². The summed E-state index contributed by atoms with van der Waals surface area (Å²) in [6, 6.07) is 9.30. The molecule has 0 radical (unpaired) electrons. The first-order valence-electron chi connectivity index (χ1n) is 8.16. The number of nitrogens with zero attached hydrogens (tertiary/aromatic N) is 2. The van der Waals surface area contributed by atoms with E-state index >= 15 is 0 Å². The van der Waals surface area contributed by atoms with Crippen LogP contribution in [-0.2, 0) is 0 Å². The predicted molar refractivity (Wildman–Crippen MR) is 95.0 cm³/mol. The summed E-state index contributed by atoms with van der Waals surface area (Å²) in [6.07, 6.45) is 3.10. The maximum absolute atomic E-state index is 5.27. The Hall–Kier alpha value is -1.43. The normalized spacial score (nSPS) is 23.1. The van der Waals surface area contributed by atoms with Crippen molar-refractivity contribution in [2.24, 2.45) is 5.92 Å². The lowest BCUT2D eigenvalue weighted by atomic mass is 9.93. The van der Waals surface area contributed by atoms with Gasteiger partial charge in [0.25, 0.3) is 0 Å². The highest BCUT2D eigenvalue weighted by atomic mass is 32.1. The molecule has 4 nitrogen and oxygen atoms in total. The molecule has 1 aliphatic heterocycles. The Morgan fingerprint density at radius 3 is 2.83 bits per heavy atom. The largest absolute Gasteiger partial charge is 0.497 e. The lowest BCUT2D eigenvalue weighted by Gasteiger charge is -2.27. The summed E-state index contributed by atoms with van der Waals surface area (Å²) in [5.74, 6) is 1.54. The zero-order chi connectivity index (χ0) is 16.2. The number of nitrogens with one attached hydrogen (secondary N) is 1. The second kappa shape index (κ2) is 7.43. The fraction of sp³-hybridized carbons (Fsp3) is 0.500. The van der Waals surface area contributed by atoms with Crippen molar-refractivity contribution in [1.82, 2.24) is 15.2 Å². The highest BCUT2D eigenvalue weighted by molar-refractivity contribution is 7.09. The number of benzene rings is 1. The number of rotatable bonds is 6. The average molecular weight is 331 g/mol. The molecule has 0 spiro atoms. The van der Waals surface area contributed by atoms with E-state index in [1.165, 1.54) is 12.0 Å². The number of thiazole rings is 1. The van der Waals surface area contributed by atoms with Crippen LogP contribution in [0.5, 0.6) is 5.75 Å². The summed E-state index contributed by atoms with van der Waals surface area (Å²) in [7, 11) is 3.93. The molecular formula is C18H25N3OS. The topological polar surface area (TPSA) is 37.4 Å². The molecule has 1 aliphatic rings. The third kappa shape index (κ3) is 3.74. The number of aromatic nitrogens is 1. The van der Waals surface area contributed by atoms with Crippen LogP contribution >= 0.6 is 11.3 Å². The Morgan fingerprint density at radius 2 is 2.17 bits per heavy atom. The van der Waals surface area contributed by atoms with E-state index in [1.54, 1.807) is 18.4 Å². The van der Waals surface area contributed by atoms with Crippen molar-refractivity contribution in [3.8, 4) is 5.75 Å². The maximum Gasteiger partial charge on any atom is 0.118 e. The molecule has 0 saturated carbocycles. The minimum atomic E-state index is 0.317. The molecule has 0 aliphatic carbocycles. The summed E-state index contributed by atoms with van der Waals surface area (Å²) in [4.78, 5) is 6.86. The van der Waals surface area contributed by atoms with Gasteiger partial charge in [0.2, 0.25) is 0 Å². The zero-order valence-corrected chi connectivity index (χ0v) is 14.8. The van der Waals surface area contributed by atoms with Crippen molar-refractivity contribution in [3.05, 3.63) is 46.4 Å². The fourth-order valence-electron chi connectivity index (χ4n) is 3.43. The monoisotopic (exact) mass is 331 g/mol. The van der Waals surface area contributed by atoms with E-state index in [0.29, 0.717) is 18.0 Å². The molecule has 23 heavy (non-hydrogen) atoms. The van der Waals surface area contributed by atoms with Gasteiger partial charge >= 0.3 is 0 Å². The van der Waals surface area contributed by atoms with Crippen LogP contribution < -0.4 is 10.1 Å². The third-order valence-corrected chi connectivity index (χ3v) is 5.70. The first-order chi connectivity index (χ1) is 11.2. The standard InChI is InChI=1S/C18H25N3OS/c1-13(18-19-9-11-23-18)20-12-15-8-10-21(2)17(15)14-4-6-16(22-3)7-5-14/h4-7,9,11,13,15,17,20H,8,10,12H2,1-3H3/t13-,15-,17-/m1/s1. The van der Waals surface area contributed by atoms with E-state index in [2.05, 4.69) is 53.4 Å². The van der Waals surface area contributed by atoms with Crippen LogP contribution in [0.3, 0.4) is 0 Å². The second-order valence-electron chi connectivity index (χ2n) is 6.25. The molecule has 0 unspecified atom stereocenters. The van der Waals surface area contributed by atoms with Crippen LogP contribution in [0.25, 0.3) is 0 Å². The van der Waals surface area contributed by atoms with E-state index in [1.807, 2.05) is 11.6 Å². The van der Waals surface area contributed by atoms with Gasteiger partial charge in [-0.1, -0.05) is 12.1 Å². The molecule has 1 aromatic carbocycles. The van der Waals surface area contributed by atoms with Gasteiger partial charge in [-0.2, -0.15) is 0 Å². The number of methoxy groups -OCH3 is 1. The highest BCUT2D eigenvalue weighted by Gasteiger charge is 2.33. The van der Waals surface area contributed by atoms with E-state index < -0.39 is 0 Å². The van der Waals surface area contributed by atoms with Gasteiger partial charge in [-0.25, -0.2) is 4.98 Å². The molecule has 1 saturated heterocycles. The lowest BCUT2D eigenvalue weighted by molar-refractivity contribution is 0.268. The quantitative estimate of drug-likeness (QED) is 0.879. The smallest absolute Gasteiger partial charge is 0.118 e. The predicted octanol–water partition coefficient (Wildman–Crippen LogP) is 3.50. The molecule has 2 heterocycles. The lowest BCUT2D eigenvalue weighted by Crippen LogP contribution is -2.30. The van der Waals surface area contributed by atoms with Gasteiger partial charge in [0.1, 0.15) is 10.8 Å². The Bertz CT molecular complexity index is 599. The molecule has 1 N–H and O–H groups in total. The summed E-state index contributed by atoms with van der Waals surface area (Å²) >= 11 is 1.72. The van der Waals surface area contributed by atoms with E-state index in [9.17, 15) is 0 Å². The molecular weight excluding hydrogens is 306 g/mol. The van der Waals surface area contributed by atoms with Crippen molar-refractivity contribution in [2.75, 3.05) is 27.2 Å². The minimum Gasteiger partial charge on any atom is -0.497 e. The number of hydrogen-bond donors (Lipinski definition) is 1. The summed E-state index contributed by atoms with van der Waals surface area (Å²) in [5.41, 5.74) is 1.37. The Morgan fingerprint density at radius 1 is 1.39 bits per heavy atom. The second-order valence-corrected chi connectivity index (χ2v) is 7.17. The Labute approximate surface area is 142 Å². The summed E-state index contributed by atoms with van der Waals surface area (Å²) in [5, 5.41) is 6.87. The molecule has 0 bridgehead atoms. The van der Waals surface area contributed by atoms with Gasteiger partial charge in [-0.05, 0) is 50.6 Å². The average Bonchev–Trinajstić information content (AvgIpc) is 3.23. The van der Waals surface area contributed by atoms with Gasteiger partial charge in [0, 0.05) is 24.2 Å². The number of likely N-dealkylation sites (tertiary alicyclic amines) is 1. The van der Waals surface area contributed by atoms with Crippen LogP contribution in [0, 0.1) is 5.92 Å². The van der Waals surface area contributed by atoms with Crippen LogP contribution in [-0.4, -0.2) is 37.1 Å². The SMILES string of the molecule is COc1ccc([C@@H]2[C@@H](CN[C@H](C)c3nccs3)CCN2C)cc1.